The van der Waals surface area contributed by atoms with Crippen LogP contribution in [0.3, 0.4) is 0 Å². The number of halogens is 1. The van der Waals surface area contributed by atoms with E-state index in [4.69, 9.17) is 0 Å². The van der Waals surface area contributed by atoms with E-state index < -0.39 is 17.8 Å². The lowest BCUT2D eigenvalue weighted by atomic mass is 9.98. The van der Waals surface area contributed by atoms with Gasteiger partial charge in [0.2, 0.25) is 11.8 Å². The van der Waals surface area contributed by atoms with Crippen molar-refractivity contribution in [1.29, 1.82) is 0 Å². The number of nitrogens with zero attached hydrogens (tertiary/aromatic N) is 2. The summed E-state index contributed by atoms with van der Waals surface area (Å²) in [5.74, 6) is -1.04. The molecule has 0 spiro atoms. The van der Waals surface area contributed by atoms with Crippen LogP contribution in [0.25, 0.3) is 0 Å². The van der Waals surface area contributed by atoms with Crippen molar-refractivity contribution in [3.8, 4) is 0 Å². The Morgan fingerprint density at radius 1 is 0.938 bits per heavy atom. The molecule has 3 amide bonds. The van der Waals surface area contributed by atoms with Crippen molar-refractivity contribution < 1.29 is 18.8 Å². The zero-order valence-corrected chi connectivity index (χ0v) is 18.0. The van der Waals surface area contributed by atoms with Crippen LogP contribution in [-0.2, 0) is 9.59 Å². The van der Waals surface area contributed by atoms with Crippen LogP contribution in [0.1, 0.15) is 54.1 Å². The average Bonchev–Trinajstić information content (AvgIpc) is 2.82. The third-order valence-corrected chi connectivity index (χ3v) is 6.28. The average molecular weight is 438 g/mol. The highest BCUT2D eigenvalue weighted by molar-refractivity contribution is 5.94. The molecule has 0 radical (unpaired) electrons. The number of hydrogen-bond acceptors (Lipinski definition) is 3. The first-order valence-electron chi connectivity index (χ1n) is 11.2. The van der Waals surface area contributed by atoms with Crippen LogP contribution in [0.4, 0.5) is 4.39 Å². The molecule has 6 nitrogen and oxygen atoms in total. The molecular formula is C25H28FN3O3. The van der Waals surface area contributed by atoms with Gasteiger partial charge in [0.1, 0.15) is 11.9 Å². The van der Waals surface area contributed by atoms with E-state index in [1.54, 1.807) is 21.9 Å². The number of likely N-dealkylation sites (tertiary alicyclic amines) is 2. The van der Waals surface area contributed by atoms with Crippen LogP contribution in [0.15, 0.2) is 54.6 Å². The number of benzene rings is 2. The first-order valence-corrected chi connectivity index (χ1v) is 11.2. The molecule has 7 heteroatoms. The largest absolute Gasteiger partial charge is 0.349 e. The van der Waals surface area contributed by atoms with Gasteiger partial charge >= 0.3 is 0 Å². The summed E-state index contributed by atoms with van der Waals surface area (Å²) >= 11 is 0. The zero-order chi connectivity index (χ0) is 22.5. The lowest BCUT2D eigenvalue weighted by Gasteiger charge is -2.39. The lowest BCUT2D eigenvalue weighted by molar-refractivity contribution is -0.148. The Balaban J connectivity index is 1.42. The summed E-state index contributed by atoms with van der Waals surface area (Å²) in [4.78, 5) is 42.1. The monoisotopic (exact) mass is 437 g/mol. The van der Waals surface area contributed by atoms with Gasteiger partial charge in [-0.05, 0) is 43.4 Å². The molecule has 32 heavy (non-hydrogen) atoms. The van der Waals surface area contributed by atoms with Crippen LogP contribution < -0.4 is 5.32 Å². The molecule has 2 aliphatic heterocycles. The van der Waals surface area contributed by atoms with Crippen molar-refractivity contribution >= 4 is 17.7 Å². The number of rotatable bonds is 5. The smallest absolute Gasteiger partial charge is 0.254 e. The molecule has 2 aliphatic rings. The maximum atomic E-state index is 13.9. The fourth-order valence-corrected chi connectivity index (χ4v) is 4.52. The zero-order valence-electron chi connectivity index (χ0n) is 18.0. The summed E-state index contributed by atoms with van der Waals surface area (Å²) in [5.41, 5.74) is 0.849. The quantitative estimate of drug-likeness (QED) is 0.780. The molecule has 2 fully saturated rings. The van der Waals surface area contributed by atoms with Gasteiger partial charge in [0.05, 0.1) is 5.56 Å². The summed E-state index contributed by atoms with van der Waals surface area (Å²) in [6.45, 7) is 1.54. The molecule has 1 atom stereocenters. The van der Waals surface area contributed by atoms with E-state index >= 15 is 0 Å². The minimum absolute atomic E-state index is 0.0190. The maximum absolute atomic E-state index is 13.9. The van der Waals surface area contributed by atoms with Gasteiger partial charge in [0, 0.05) is 32.1 Å². The van der Waals surface area contributed by atoms with Gasteiger partial charge in [-0.2, -0.15) is 0 Å². The normalized spacial score (nSPS) is 18.3. The molecule has 0 saturated carbocycles. The van der Waals surface area contributed by atoms with Crippen LogP contribution in [0.5, 0.6) is 0 Å². The number of carbonyl (C=O) groups excluding carboxylic acids is 3. The number of amides is 3. The number of carbonyl (C=O) groups is 3. The SMILES string of the molecule is O=C(NC1CCN(C(=O)C(c2ccccc2)N2CCCCC2=O)CC1)c1ccccc1F. The fourth-order valence-electron chi connectivity index (χ4n) is 4.52. The van der Waals surface area contributed by atoms with Crippen LogP contribution in [0, 0.1) is 5.82 Å². The second-order valence-corrected chi connectivity index (χ2v) is 8.41. The molecular weight excluding hydrogens is 409 g/mol. The van der Waals surface area contributed by atoms with Crippen molar-refractivity contribution in [2.45, 2.75) is 44.2 Å². The van der Waals surface area contributed by atoms with Gasteiger partial charge in [0.25, 0.3) is 5.91 Å². The van der Waals surface area contributed by atoms with Crippen LogP contribution >= 0.6 is 0 Å². The Labute approximate surface area is 187 Å². The van der Waals surface area contributed by atoms with Gasteiger partial charge < -0.3 is 15.1 Å². The molecule has 0 aliphatic carbocycles. The standard InChI is InChI=1S/C25H28FN3O3/c26-21-11-5-4-10-20(21)24(31)27-19-13-16-28(17-14-19)25(32)23(18-8-2-1-3-9-18)29-15-7-6-12-22(29)30/h1-5,8-11,19,23H,6-7,12-17H2,(H,27,31). The van der Waals surface area contributed by atoms with E-state index in [1.165, 1.54) is 12.1 Å². The first kappa shape index (κ1) is 22.0. The van der Waals surface area contributed by atoms with Crippen LogP contribution in [0.2, 0.25) is 0 Å². The molecule has 168 valence electrons. The summed E-state index contributed by atoms with van der Waals surface area (Å²) in [7, 11) is 0. The minimum atomic E-state index is -0.617. The highest BCUT2D eigenvalue weighted by atomic mass is 19.1. The van der Waals surface area contributed by atoms with Crippen molar-refractivity contribution in [3.05, 3.63) is 71.5 Å². The summed E-state index contributed by atoms with van der Waals surface area (Å²) in [6.07, 6.45) is 3.40. The fraction of sp³-hybridized carbons (Fsp3) is 0.400. The molecule has 1 N–H and O–H groups in total. The number of piperidine rings is 2. The predicted molar refractivity (Wildman–Crippen MR) is 118 cm³/mol. The summed E-state index contributed by atoms with van der Waals surface area (Å²) in [5, 5.41) is 2.89. The van der Waals surface area contributed by atoms with Crippen molar-refractivity contribution in [2.24, 2.45) is 0 Å². The molecule has 2 aromatic carbocycles. The third kappa shape index (κ3) is 4.82. The van der Waals surface area contributed by atoms with E-state index in [2.05, 4.69) is 5.32 Å². The van der Waals surface area contributed by atoms with E-state index in [0.717, 1.165) is 18.4 Å². The van der Waals surface area contributed by atoms with Gasteiger partial charge in [-0.3, -0.25) is 14.4 Å². The Bertz CT molecular complexity index is 973. The first-order chi connectivity index (χ1) is 15.5. The summed E-state index contributed by atoms with van der Waals surface area (Å²) < 4.78 is 13.9. The third-order valence-electron chi connectivity index (χ3n) is 6.28. The Morgan fingerprint density at radius 2 is 1.62 bits per heavy atom. The predicted octanol–water partition coefficient (Wildman–Crippen LogP) is 3.30. The maximum Gasteiger partial charge on any atom is 0.254 e. The van der Waals surface area contributed by atoms with Crippen molar-refractivity contribution in [2.75, 3.05) is 19.6 Å². The van der Waals surface area contributed by atoms with Gasteiger partial charge in [-0.1, -0.05) is 42.5 Å². The topological polar surface area (TPSA) is 69.7 Å². The second kappa shape index (κ2) is 9.94. The molecule has 2 aromatic rings. The number of nitrogens with one attached hydrogen (secondary N) is 1. The highest BCUT2D eigenvalue weighted by Gasteiger charge is 2.36. The Morgan fingerprint density at radius 3 is 2.31 bits per heavy atom. The van der Waals surface area contributed by atoms with Crippen LogP contribution in [-0.4, -0.2) is 53.2 Å². The van der Waals surface area contributed by atoms with E-state index in [0.29, 0.717) is 38.9 Å². The van der Waals surface area contributed by atoms with Gasteiger partial charge in [-0.25, -0.2) is 4.39 Å². The Hall–Kier alpha value is -3.22. The second-order valence-electron chi connectivity index (χ2n) is 8.41. The van der Waals surface area contributed by atoms with Gasteiger partial charge in [-0.15, -0.1) is 0 Å². The molecule has 0 aromatic heterocycles. The molecule has 0 bridgehead atoms. The molecule has 1 unspecified atom stereocenters. The van der Waals surface area contributed by atoms with E-state index in [-0.39, 0.29) is 23.4 Å². The van der Waals surface area contributed by atoms with Gasteiger partial charge in [0.15, 0.2) is 0 Å². The highest BCUT2D eigenvalue weighted by Crippen LogP contribution is 2.28. The molecule has 2 saturated heterocycles. The molecule has 4 rings (SSSR count). The van der Waals surface area contributed by atoms with E-state index in [1.807, 2.05) is 30.3 Å². The lowest BCUT2D eigenvalue weighted by Crippen LogP contribution is -2.51. The number of hydrogen-bond donors (Lipinski definition) is 1. The summed E-state index contributed by atoms with van der Waals surface area (Å²) in [6, 6.07) is 14.6. The molecule has 2 heterocycles. The Kier molecular flexibility index (Phi) is 6.83. The van der Waals surface area contributed by atoms with Crippen molar-refractivity contribution in [1.82, 2.24) is 15.1 Å². The van der Waals surface area contributed by atoms with Crippen molar-refractivity contribution in [3.63, 3.8) is 0 Å². The minimum Gasteiger partial charge on any atom is -0.349 e. The van der Waals surface area contributed by atoms with E-state index in [9.17, 15) is 18.8 Å².